The van der Waals surface area contributed by atoms with E-state index in [1.807, 2.05) is 12.1 Å². The molecule has 0 unspecified atom stereocenters. The smallest absolute Gasteiger partial charge is 0.0479 e. The highest BCUT2D eigenvalue weighted by atomic mass is 32.1. The minimum atomic E-state index is 0.207. The molecule has 0 fully saturated rings. The third kappa shape index (κ3) is 2.61. The first kappa shape index (κ1) is 8.71. The fourth-order valence-electron chi connectivity index (χ4n) is 0.911. The van der Waals surface area contributed by atoms with E-state index in [9.17, 15) is 0 Å². The average Bonchev–Trinajstić information content (AvgIpc) is 2.38. The first-order valence-corrected chi connectivity index (χ1v) is 4.47. The zero-order valence-electron chi connectivity index (χ0n) is 6.29. The van der Waals surface area contributed by atoms with Crippen molar-refractivity contribution in [3.63, 3.8) is 0 Å². The van der Waals surface area contributed by atoms with Gasteiger partial charge >= 0.3 is 0 Å². The van der Waals surface area contributed by atoms with E-state index in [0.717, 1.165) is 12.8 Å². The molecule has 1 rings (SSSR count). The van der Waals surface area contributed by atoms with Crippen molar-refractivity contribution in [3.8, 4) is 0 Å². The van der Waals surface area contributed by atoms with Crippen molar-refractivity contribution in [2.45, 2.75) is 12.8 Å². The molecule has 0 spiro atoms. The molecule has 0 amide bonds. The van der Waals surface area contributed by atoms with Crippen molar-refractivity contribution in [2.24, 2.45) is 0 Å². The van der Waals surface area contributed by atoms with E-state index in [1.54, 1.807) is 11.3 Å². The summed E-state index contributed by atoms with van der Waals surface area (Å²) < 4.78 is 0. The van der Waals surface area contributed by atoms with Gasteiger partial charge in [0.25, 0.3) is 0 Å². The molecule has 3 heteroatoms. The summed E-state index contributed by atoms with van der Waals surface area (Å²) in [5.74, 6) is 0. The molecule has 0 aliphatic rings. The monoisotopic (exact) mass is 172 g/mol. The third-order valence-corrected chi connectivity index (χ3v) is 2.64. The van der Waals surface area contributed by atoms with Crippen molar-refractivity contribution >= 4 is 11.3 Å². The maximum Gasteiger partial charge on any atom is 0.0479 e. The Hall–Kier alpha value is -0.380. The topological polar surface area (TPSA) is 40.5 Å². The lowest BCUT2D eigenvalue weighted by Gasteiger charge is -1.90. The molecule has 0 saturated carbocycles. The van der Waals surface area contributed by atoms with Crippen LogP contribution in [0.5, 0.6) is 0 Å². The Bertz CT molecular complexity index is 187. The summed E-state index contributed by atoms with van der Waals surface area (Å²) in [5, 5.41) is 17.2. The SMILES string of the molecule is OCCc1ccc(CCO)s1. The van der Waals surface area contributed by atoms with Crippen LogP contribution in [0.1, 0.15) is 9.75 Å². The highest BCUT2D eigenvalue weighted by Gasteiger charge is 1.97. The second-order valence-corrected chi connectivity index (χ2v) is 3.57. The first-order valence-electron chi connectivity index (χ1n) is 3.66. The van der Waals surface area contributed by atoms with Crippen LogP contribution in [0.3, 0.4) is 0 Å². The average molecular weight is 172 g/mol. The van der Waals surface area contributed by atoms with Crippen LogP contribution in [0.4, 0.5) is 0 Å². The molecule has 0 saturated heterocycles. The Labute approximate surface area is 70.1 Å². The molecular weight excluding hydrogens is 160 g/mol. The minimum Gasteiger partial charge on any atom is -0.396 e. The number of hydrogen-bond acceptors (Lipinski definition) is 3. The Balaban J connectivity index is 2.51. The second-order valence-electron chi connectivity index (χ2n) is 2.32. The molecule has 11 heavy (non-hydrogen) atoms. The van der Waals surface area contributed by atoms with Gasteiger partial charge in [-0.1, -0.05) is 0 Å². The van der Waals surface area contributed by atoms with E-state index in [0.29, 0.717) is 0 Å². The number of hydrogen-bond donors (Lipinski definition) is 2. The number of aliphatic hydroxyl groups is 2. The quantitative estimate of drug-likeness (QED) is 0.706. The van der Waals surface area contributed by atoms with Crippen LogP contribution in [0.25, 0.3) is 0 Å². The molecule has 0 aliphatic heterocycles. The molecule has 0 radical (unpaired) electrons. The Morgan fingerprint density at radius 3 is 1.82 bits per heavy atom. The highest BCUT2D eigenvalue weighted by molar-refractivity contribution is 7.11. The lowest BCUT2D eigenvalue weighted by molar-refractivity contribution is 0.300. The summed E-state index contributed by atoms with van der Waals surface area (Å²) in [6.07, 6.45) is 1.46. The normalized spacial score (nSPS) is 10.4. The molecule has 0 atom stereocenters. The molecule has 62 valence electrons. The van der Waals surface area contributed by atoms with Gasteiger partial charge in [-0.25, -0.2) is 0 Å². The minimum absolute atomic E-state index is 0.207. The first-order chi connectivity index (χ1) is 5.36. The van der Waals surface area contributed by atoms with E-state index < -0.39 is 0 Å². The maximum absolute atomic E-state index is 8.62. The third-order valence-electron chi connectivity index (χ3n) is 1.43. The van der Waals surface area contributed by atoms with Gasteiger partial charge in [0.15, 0.2) is 0 Å². The van der Waals surface area contributed by atoms with Crippen LogP contribution in [-0.4, -0.2) is 23.4 Å². The fraction of sp³-hybridized carbons (Fsp3) is 0.500. The lowest BCUT2D eigenvalue weighted by atomic mass is 10.3. The lowest BCUT2D eigenvalue weighted by Crippen LogP contribution is -1.86. The predicted octanol–water partition coefficient (Wildman–Crippen LogP) is 0.818. The van der Waals surface area contributed by atoms with Crippen LogP contribution >= 0.6 is 11.3 Å². The highest BCUT2D eigenvalue weighted by Crippen LogP contribution is 2.16. The van der Waals surface area contributed by atoms with Gasteiger partial charge in [0.1, 0.15) is 0 Å². The number of thiophene rings is 1. The van der Waals surface area contributed by atoms with E-state index in [-0.39, 0.29) is 13.2 Å². The van der Waals surface area contributed by atoms with Crippen LogP contribution in [0.15, 0.2) is 12.1 Å². The summed E-state index contributed by atoms with van der Waals surface area (Å²) in [6, 6.07) is 4.01. The molecule has 1 heterocycles. The maximum atomic E-state index is 8.62. The van der Waals surface area contributed by atoms with Crippen LogP contribution < -0.4 is 0 Å². The molecular formula is C8H12O2S. The fourth-order valence-corrected chi connectivity index (χ4v) is 1.91. The Morgan fingerprint density at radius 2 is 1.45 bits per heavy atom. The Morgan fingerprint density at radius 1 is 1.00 bits per heavy atom. The standard InChI is InChI=1S/C8H12O2S/c9-5-3-7-1-2-8(11-7)4-6-10/h1-2,9-10H,3-6H2. The largest absolute Gasteiger partial charge is 0.396 e. The molecule has 1 aromatic heterocycles. The van der Waals surface area contributed by atoms with Gasteiger partial charge < -0.3 is 10.2 Å². The summed E-state index contributed by atoms with van der Waals surface area (Å²) >= 11 is 1.66. The van der Waals surface area contributed by atoms with Crippen molar-refractivity contribution < 1.29 is 10.2 Å². The molecule has 2 N–H and O–H groups in total. The number of rotatable bonds is 4. The van der Waals surface area contributed by atoms with Crippen LogP contribution in [0.2, 0.25) is 0 Å². The van der Waals surface area contributed by atoms with E-state index in [4.69, 9.17) is 10.2 Å². The van der Waals surface area contributed by atoms with E-state index in [2.05, 4.69) is 0 Å². The van der Waals surface area contributed by atoms with E-state index >= 15 is 0 Å². The molecule has 0 aliphatic carbocycles. The Kier molecular flexibility index (Phi) is 3.56. The van der Waals surface area contributed by atoms with Crippen LogP contribution in [0, 0.1) is 0 Å². The van der Waals surface area contributed by atoms with Crippen LogP contribution in [-0.2, 0) is 12.8 Å². The summed E-state index contributed by atoms with van der Waals surface area (Å²) in [4.78, 5) is 2.38. The number of aliphatic hydroxyl groups excluding tert-OH is 2. The molecule has 0 aromatic carbocycles. The van der Waals surface area contributed by atoms with Gasteiger partial charge in [-0.2, -0.15) is 0 Å². The van der Waals surface area contributed by atoms with Gasteiger partial charge in [0.05, 0.1) is 0 Å². The van der Waals surface area contributed by atoms with Crippen molar-refractivity contribution in [1.29, 1.82) is 0 Å². The van der Waals surface area contributed by atoms with Crippen molar-refractivity contribution in [1.82, 2.24) is 0 Å². The zero-order chi connectivity index (χ0) is 8.10. The van der Waals surface area contributed by atoms with Gasteiger partial charge in [0, 0.05) is 35.8 Å². The van der Waals surface area contributed by atoms with Crippen molar-refractivity contribution in [2.75, 3.05) is 13.2 Å². The molecule has 0 bridgehead atoms. The van der Waals surface area contributed by atoms with Gasteiger partial charge in [0.2, 0.25) is 0 Å². The summed E-state index contributed by atoms with van der Waals surface area (Å²) in [6.45, 7) is 0.415. The van der Waals surface area contributed by atoms with Gasteiger partial charge in [-0.3, -0.25) is 0 Å². The zero-order valence-corrected chi connectivity index (χ0v) is 7.10. The second kappa shape index (κ2) is 4.49. The molecule has 2 nitrogen and oxygen atoms in total. The van der Waals surface area contributed by atoms with Crippen molar-refractivity contribution in [3.05, 3.63) is 21.9 Å². The summed E-state index contributed by atoms with van der Waals surface area (Å²) in [7, 11) is 0. The molecule has 1 aromatic rings. The van der Waals surface area contributed by atoms with Gasteiger partial charge in [-0.15, -0.1) is 11.3 Å². The summed E-state index contributed by atoms with van der Waals surface area (Å²) in [5.41, 5.74) is 0. The van der Waals surface area contributed by atoms with Gasteiger partial charge in [-0.05, 0) is 12.1 Å². The van der Waals surface area contributed by atoms with E-state index in [1.165, 1.54) is 9.75 Å². The predicted molar refractivity (Wildman–Crippen MR) is 45.9 cm³/mol.